The van der Waals surface area contributed by atoms with E-state index >= 15 is 0 Å². The fourth-order valence-electron chi connectivity index (χ4n) is 7.19. The molecule has 1 aromatic carbocycles. The summed E-state index contributed by atoms with van der Waals surface area (Å²) in [5.41, 5.74) is 8.71. The molecule has 0 aliphatic heterocycles. The first-order chi connectivity index (χ1) is 16.0. The van der Waals surface area contributed by atoms with Crippen LogP contribution in [0.4, 0.5) is 5.69 Å². The van der Waals surface area contributed by atoms with Crippen molar-refractivity contribution in [2.45, 2.75) is 49.7 Å². The van der Waals surface area contributed by atoms with Crippen molar-refractivity contribution in [3.05, 3.63) is 47.0 Å². The Balaban J connectivity index is 1.50. The van der Waals surface area contributed by atoms with Crippen LogP contribution in [0.5, 0.6) is 5.75 Å². The second-order valence-electron chi connectivity index (χ2n) is 10.9. The number of hydrogen-bond acceptors (Lipinski definition) is 5. The van der Waals surface area contributed by atoms with Crippen molar-refractivity contribution in [3.63, 3.8) is 0 Å². The SMILES string of the molecule is Cn1cc(-c2cc(NS(C)(=O)=O)ccc2OC23CC4CC(CC(N)(C4)C2)C3)c2cc[nH]c2c1=O. The fourth-order valence-corrected chi connectivity index (χ4v) is 7.75. The molecule has 0 radical (unpaired) electrons. The Bertz CT molecular complexity index is 1460. The van der Waals surface area contributed by atoms with Gasteiger partial charge in [-0.15, -0.1) is 0 Å². The monoisotopic (exact) mass is 482 g/mol. The van der Waals surface area contributed by atoms with E-state index in [1.165, 1.54) is 11.0 Å². The van der Waals surface area contributed by atoms with E-state index in [1.54, 1.807) is 31.6 Å². The van der Waals surface area contributed by atoms with Gasteiger partial charge in [0.1, 0.15) is 16.9 Å². The number of fused-ring (bicyclic) bond motifs is 1. The third-order valence-electron chi connectivity index (χ3n) is 7.85. The number of nitrogens with zero attached hydrogens (tertiary/aromatic N) is 1. The lowest BCUT2D eigenvalue weighted by molar-refractivity contribution is -0.117. The summed E-state index contributed by atoms with van der Waals surface area (Å²) < 4.78 is 34.9. The second kappa shape index (κ2) is 7.11. The first-order valence-electron chi connectivity index (χ1n) is 11.8. The van der Waals surface area contributed by atoms with Gasteiger partial charge in [0.2, 0.25) is 10.0 Å². The molecule has 4 fully saturated rings. The van der Waals surface area contributed by atoms with Crippen LogP contribution in [0.15, 0.2) is 41.5 Å². The van der Waals surface area contributed by atoms with Crippen molar-refractivity contribution >= 4 is 26.6 Å². The van der Waals surface area contributed by atoms with Crippen LogP contribution in [0, 0.1) is 11.8 Å². The lowest BCUT2D eigenvalue weighted by Crippen LogP contribution is -2.64. The highest BCUT2D eigenvalue weighted by atomic mass is 32.2. The van der Waals surface area contributed by atoms with Gasteiger partial charge in [-0.05, 0) is 68.2 Å². The number of rotatable bonds is 5. The summed E-state index contributed by atoms with van der Waals surface area (Å²) in [5.74, 6) is 1.87. The molecule has 3 aromatic rings. The quantitative estimate of drug-likeness (QED) is 0.515. The van der Waals surface area contributed by atoms with E-state index in [-0.39, 0.29) is 16.7 Å². The first-order valence-corrected chi connectivity index (χ1v) is 13.7. The maximum absolute atomic E-state index is 12.6. The highest BCUT2D eigenvalue weighted by Gasteiger charge is 2.57. The molecule has 4 saturated carbocycles. The molecule has 4 bridgehead atoms. The minimum Gasteiger partial charge on any atom is -0.487 e. The van der Waals surface area contributed by atoms with Crippen LogP contribution in [-0.4, -0.2) is 35.4 Å². The van der Waals surface area contributed by atoms with Gasteiger partial charge in [-0.3, -0.25) is 9.52 Å². The maximum Gasteiger partial charge on any atom is 0.274 e. The number of hydrogen-bond donors (Lipinski definition) is 3. The molecule has 4 aliphatic rings. The minimum absolute atomic E-state index is 0.122. The third-order valence-corrected chi connectivity index (χ3v) is 8.45. The molecule has 4 aliphatic carbocycles. The summed E-state index contributed by atoms with van der Waals surface area (Å²) in [6.07, 6.45) is 10.9. The zero-order chi connectivity index (χ0) is 23.9. The van der Waals surface area contributed by atoms with Crippen LogP contribution in [0.2, 0.25) is 0 Å². The molecular formula is C25H30N4O4S. The minimum atomic E-state index is -3.46. The summed E-state index contributed by atoms with van der Waals surface area (Å²) in [7, 11) is -1.75. The lowest BCUT2D eigenvalue weighted by Gasteiger charge is -2.60. The van der Waals surface area contributed by atoms with Gasteiger partial charge in [-0.2, -0.15) is 0 Å². The number of H-pyrrole nitrogens is 1. The van der Waals surface area contributed by atoms with Crippen molar-refractivity contribution in [1.29, 1.82) is 0 Å². The van der Waals surface area contributed by atoms with Gasteiger partial charge in [-0.1, -0.05) is 0 Å². The van der Waals surface area contributed by atoms with E-state index in [0.29, 0.717) is 28.8 Å². The number of aryl methyl sites for hydroxylation is 1. The molecule has 7 rings (SSSR count). The number of benzene rings is 1. The van der Waals surface area contributed by atoms with Crippen molar-refractivity contribution in [1.82, 2.24) is 9.55 Å². The van der Waals surface area contributed by atoms with Crippen molar-refractivity contribution in [2.75, 3.05) is 11.0 Å². The molecule has 8 nitrogen and oxygen atoms in total. The molecule has 2 unspecified atom stereocenters. The van der Waals surface area contributed by atoms with Gasteiger partial charge >= 0.3 is 0 Å². The van der Waals surface area contributed by atoms with E-state index < -0.39 is 10.0 Å². The van der Waals surface area contributed by atoms with Crippen molar-refractivity contribution < 1.29 is 13.2 Å². The lowest BCUT2D eigenvalue weighted by atomic mass is 9.51. The van der Waals surface area contributed by atoms with E-state index in [1.807, 2.05) is 12.1 Å². The molecule has 2 aromatic heterocycles. The van der Waals surface area contributed by atoms with E-state index in [4.69, 9.17) is 10.5 Å². The Labute approximate surface area is 198 Å². The fraction of sp³-hybridized carbons (Fsp3) is 0.480. The molecule has 2 atom stereocenters. The second-order valence-corrected chi connectivity index (χ2v) is 12.7. The van der Waals surface area contributed by atoms with Gasteiger partial charge in [-0.25, -0.2) is 8.42 Å². The van der Waals surface area contributed by atoms with Crippen LogP contribution >= 0.6 is 0 Å². The van der Waals surface area contributed by atoms with Crippen LogP contribution in [0.1, 0.15) is 38.5 Å². The normalized spacial score (nSPS) is 30.1. The number of anilines is 1. The van der Waals surface area contributed by atoms with Gasteiger partial charge in [0.15, 0.2) is 0 Å². The first kappa shape index (κ1) is 21.7. The standard InChI is InChI=1S/C25H30N4O4S/c1-29-13-20(18-5-6-27-22(18)23(29)30)19-8-17(28-34(2,31)32)3-4-21(19)33-25-11-15-7-16(12-25)10-24(26,9-15)14-25/h3-6,8,13,15-16,27-28H,7,9-12,14,26H2,1-2H3. The van der Waals surface area contributed by atoms with E-state index in [0.717, 1.165) is 54.9 Å². The molecule has 4 N–H and O–H groups in total. The van der Waals surface area contributed by atoms with Crippen molar-refractivity contribution in [2.24, 2.45) is 24.6 Å². The van der Waals surface area contributed by atoms with Gasteiger partial charge in [0.05, 0.1) is 6.26 Å². The average Bonchev–Trinajstić information content (AvgIpc) is 3.19. The number of sulfonamides is 1. The third kappa shape index (κ3) is 3.62. The summed E-state index contributed by atoms with van der Waals surface area (Å²) in [4.78, 5) is 15.7. The van der Waals surface area contributed by atoms with Gasteiger partial charge in [0, 0.05) is 53.6 Å². The van der Waals surface area contributed by atoms with Crippen LogP contribution in [0.25, 0.3) is 22.0 Å². The van der Waals surface area contributed by atoms with Crippen molar-refractivity contribution in [3.8, 4) is 16.9 Å². The van der Waals surface area contributed by atoms with E-state index in [2.05, 4.69) is 9.71 Å². The number of aromatic nitrogens is 2. The molecule has 0 saturated heterocycles. The van der Waals surface area contributed by atoms with E-state index in [9.17, 15) is 13.2 Å². The topological polar surface area (TPSA) is 119 Å². The molecule has 180 valence electrons. The number of aromatic amines is 1. The maximum atomic E-state index is 12.6. The molecule has 34 heavy (non-hydrogen) atoms. The van der Waals surface area contributed by atoms with Crippen LogP contribution in [0.3, 0.4) is 0 Å². The zero-order valence-corrected chi connectivity index (χ0v) is 20.2. The molecule has 0 spiro atoms. The number of ether oxygens (including phenoxy) is 1. The summed E-state index contributed by atoms with van der Waals surface area (Å²) >= 11 is 0. The molecule has 0 amide bonds. The zero-order valence-electron chi connectivity index (χ0n) is 19.4. The highest BCUT2D eigenvalue weighted by molar-refractivity contribution is 7.92. The Morgan fingerprint density at radius 2 is 1.88 bits per heavy atom. The Hall–Kier alpha value is -2.78. The molecular weight excluding hydrogens is 452 g/mol. The Morgan fingerprint density at radius 3 is 2.56 bits per heavy atom. The molecule has 9 heteroatoms. The summed E-state index contributed by atoms with van der Waals surface area (Å²) in [5, 5.41) is 0.769. The predicted octanol–water partition coefficient (Wildman–Crippen LogP) is 3.33. The Morgan fingerprint density at radius 1 is 1.15 bits per heavy atom. The summed E-state index contributed by atoms with van der Waals surface area (Å²) in [6, 6.07) is 7.23. The smallest absolute Gasteiger partial charge is 0.274 e. The Kier molecular flexibility index (Phi) is 4.55. The summed E-state index contributed by atoms with van der Waals surface area (Å²) in [6.45, 7) is 0. The number of nitrogens with one attached hydrogen (secondary N) is 2. The number of nitrogens with two attached hydrogens (primary N) is 1. The van der Waals surface area contributed by atoms with Crippen LogP contribution in [-0.2, 0) is 17.1 Å². The average molecular weight is 483 g/mol. The predicted molar refractivity (Wildman–Crippen MR) is 132 cm³/mol. The number of pyridine rings is 1. The largest absolute Gasteiger partial charge is 0.487 e. The highest BCUT2D eigenvalue weighted by Crippen LogP contribution is 2.58. The molecule has 2 heterocycles. The van der Waals surface area contributed by atoms with Gasteiger partial charge in [0.25, 0.3) is 5.56 Å². The van der Waals surface area contributed by atoms with Crippen LogP contribution < -0.4 is 20.8 Å². The van der Waals surface area contributed by atoms with Gasteiger partial charge < -0.3 is 20.0 Å².